The third kappa shape index (κ3) is 5.72. The van der Waals surface area contributed by atoms with Crippen molar-refractivity contribution in [2.45, 2.75) is 20.4 Å². The number of halogens is 1. The summed E-state index contributed by atoms with van der Waals surface area (Å²) in [4.78, 5) is 23.0. The van der Waals surface area contributed by atoms with E-state index in [9.17, 15) is 4.79 Å². The fraction of sp³-hybridized carbons (Fsp3) is 0.588. The Bertz CT molecular complexity index is 597. The molecule has 2 rings (SSSR count). The lowest BCUT2D eigenvalue weighted by Crippen LogP contribution is -2.40. The number of carbonyl (C=O) groups excluding carboxylic acids is 1. The highest BCUT2D eigenvalue weighted by molar-refractivity contribution is 14.0. The molecular formula is C17H27IN4O3. The van der Waals surface area contributed by atoms with Crippen molar-refractivity contribution < 1.29 is 14.3 Å². The zero-order valence-electron chi connectivity index (χ0n) is 15.2. The van der Waals surface area contributed by atoms with Crippen LogP contribution in [0.5, 0.6) is 5.88 Å². The average Bonchev–Trinajstić information content (AvgIpc) is 2.99. The molecule has 2 unspecified atom stereocenters. The molecule has 1 aromatic heterocycles. The van der Waals surface area contributed by atoms with Crippen LogP contribution >= 0.6 is 24.0 Å². The minimum Gasteiger partial charge on any atom is -0.481 e. The number of likely N-dealkylation sites (tertiary alicyclic amines) is 1. The van der Waals surface area contributed by atoms with E-state index < -0.39 is 0 Å². The SMILES string of the molecule is CCNC(=NCc1cccc(OC)n1)N1CC(C)C(C(=O)OC)C1.I. The van der Waals surface area contributed by atoms with Gasteiger partial charge in [0.1, 0.15) is 0 Å². The maximum absolute atomic E-state index is 11.9. The first-order chi connectivity index (χ1) is 11.6. The van der Waals surface area contributed by atoms with Crippen LogP contribution in [-0.4, -0.2) is 55.7 Å². The Kier molecular flexibility index (Phi) is 8.95. The quantitative estimate of drug-likeness (QED) is 0.312. The molecule has 2 atom stereocenters. The van der Waals surface area contributed by atoms with Gasteiger partial charge in [-0.1, -0.05) is 13.0 Å². The molecule has 0 amide bonds. The summed E-state index contributed by atoms with van der Waals surface area (Å²) in [6.07, 6.45) is 0. The maximum Gasteiger partial charge on any atom is 0.310 e. The summed E-state index contributed by atoms with van der Waals surface area (Å²) in [5.74, 6) is 1.33. The number of nitrogens with one attached hydrogen (secondary N) is 1. The lowest BCUT2D eigenvalue weighted by atomic mass is 9.99. The molecule has 7 nitrogen and oxygen atoms in total. The molecule has 1 aliphatic rings. The Balaban J connectivity index is 0.00000312. The van der Waals surface area contributed by atoms with E-state index in [0.29, 0.717) is 19.0 Å². The fourth-order valence-corrected chi connectivity index (χ4v) is 2.84. The first kappa shape index (κ1) is 21.5. The number of pyridine rings is 1. The van der Waals surface area contributed by atoms with Crippen molar-refractivity contribution in [3.8, 4) is 5.88 Å². The topological polar surface area (TPSA) is 76.1 Å². The molecule has 1 aliphatic heterocycles. The molecule has 2 heterocycles. The van der Waals surface area contributed by atoms with Crippen molar-refractivity contribution in [1.82, 2.24) is 15.2 Å². The monoisotopic (exact) mass is 462 g/mol. The van der Waals surface area contributed by atoms with Crippen LogP contribution in [0.2, 0.25) is 0 Å². The molecule has 1 aromatic rings. The number of nitrogens with zero attached hydrogens (tertiary/aromatic N) is 3. The van der Waals surface area contributed by atoms with Gasteiger partial charge in [-0.2, -0.15) is 0 Å². The van der Waals surface area contributed by atoms with E-state index >= 15 is 0 Å². The first-order valence-electron chi connectivity index (χ1n) is 8.20. The highest BCUT2D eigenvalue weighted by Crippen LogP contribution is 2.24. The number of esters is 1. The van der Waals surface area contributed by atoms with Gasteiger partial charge in [-0.3, -0.25) is 4.79 Å². The second-order valence-corrected chi connectivity index (χ2v) is 5.85. The summed E-state index contributed by atoms with van der Waals surface area (Å²) in [6.45, 7) is 6.69. The van der Waals surface area contributed by atoms with Gasteiger partial charge in [0, 0.05) is 25.7 Å². The molecule has 25 heavy (non-hydrogen) atoms. The second kappa shape index (κ2) is 10.4. The molecule has 0 saturated carbocycles. The molecule has 1 N–H and O–H groups in total. The maximum atomic E-state index is 11.9. The van der Waals surface area contributed by atoms with Crippen LogP contribution in [0.25, 0.3) is 0 Å². The Labute approximate surface area is 166 Å². The average molecular weight is 462 g/mol. The molecule has 140 valence electrons. The van der Waals surface area contributed by atoms with Crippen LogP contribution in [0.1, 0.15) is 19.5 Å². The molecule has 0 bridgehead atoms. The number of carbonyl (C=O) groups is 1. The van der Waals surface area contributed by atoms with E-state index in [1.807, 2.05) is 25.1 Å². The minimum absolute atomic E-state index is 0. The predicted molar refractivity (Wildman–Crippen MR) is 107 cm³/mol. The lowest BCUT2D eigenvalue weighted by molar-refractivity contribution is -0.145. The number of rotatable bonds is 5. The number of guanidine groups is 1. The van der Waals surface area contributed by atoms with Crippen LogP contribution in [0.15, 0.2) is 23.2 Å². The normalized spacial score (nSPS) is 20.0. The highest BCUT2D eigenvalue weighted by Gasteiger charge is 2.36. The molecule has 0 spiro atoms. The Hall–Kier alpha value is -1.58. The van der Waals surface area contributed by atoms with Gasteiger partial charge in [0.15, 0.2) is 5.96 Å². The minimum atomic E-state index is -0.157. The smallest absolute Gasteiger partial charge is 0.310 e. The number of hydrogen-bond acceptors (Lipinski definition) is 5. The van der Waals surface area contributed by atoms with Crippen LogP contribution in [0, 0.1) is 11.8 Å². The number of aliphatic imine (C=N–C) groups is 1. The number of ether oxygens (including phenoxy) is 2. The highest BCUT2D eigenvalue weighted by atomic mass is 127. The van der Waals surface area contributed by atoms with Crippen molar-refractivity contribution >= 4 is 35.9 Å². The van der Waals surface area contributed by atoms with Gasteiger partial charge in [0.05, 0.1) is 32.4 Å². The number of hydrogen-bond donors (Lipinski definition) is 1. The Morgan fingerprint density at radius 3 is 2.80 bits per heavy atom. The van der Waals surface area contributed by atoms with E-state index in [0.717, 1.165) is 24.7 Å². The van der Waals surface area contributed by atoms with Crippen LogP contribution in [0.3, 0.4) is 0 Å². The van der Waals surface area contributed by atoms with E-state index in [-0.39, 0.29) is 41.8 Å². The zero-order valence-corrected chi connectivity index (χ0v) is 17.5. The van der Waals surface area contributed by atoms with E-state index in [2.05, 4.69) is 27.1 Å². The molecule has 0 aromatic carbocycles. The summed E-state index contributed by atoms with van der Waals surface area (Å²) in [6, 6.07) is 5.62. The van der Waals surface area contributed by atoms with Crippen molar-refractivity contribution in [3.05, 3.63) is 23.9 Å². The van der Waals surface area contributed by atoms with E-state index in [1.165, 1.54) is 7.11 Å². The van der Waals surface area contributed by atoms with Gasteiger partial charge in [0.25, 0.3) is 0 Å². The standard InChI is InChI=1S/C17H26N4O3.HI/c1-5-18-17(19-9-13-7-6-8-15(20-13)23-3)21-10-12(2)14(11-21)16(22)24-4;/h6-8,12,14H,5,9-11H2,1-4H3,(H,18,19);1H. The Morgan fingerprint density at radius 1 is 1.40 bits per heavy atom. The third-order valence-electron chi connectivity index (χ3n) is 4.13. The van der Waals surface area contributed by atoms with Gasteiger partial charge in [0.2, 0.25) is 5.88 Å². The summed E-state index contributed by atoms with van der Waals surface area (Å²) >= 11 is 0. The molecular weight excluding hydrogens is 435 g/mol. The summed E-state index contributed by atoms with van der Waals surface area (Å²) in [5.41, 5.74) is 0.835. The molecule has 8 heteroatoms. The fourth-order valence-electron chi connectivity index (χ4n) is 2.84. The van der Waals surface area contributed by atoms with Crippen molar-refractivity contribution in [1.29, 1.82) is 0 Å². The van der Waals surface area contributed by atoms with Crippen molar-refractivity contribution in [3.63, 3.8) is 0 Å². The zero-order chi connectivity index (χ0) is 17.5. The lowest BCUT2D eigenvalue weighted by Gasteiger charge is -2.21. The molecule has 0 aliphatic carbocycles. The third-order valence-corrected chi connectivity index (χ3v) is 4.13. The van der Waals surface area contributed by atoms with Gasteiger partial charge >= 0.3 is 5.97 Å². The van der Waals surface area contributed by atoms with Crippen molar-refractivity contribution in [2.75, 3.05) is 33.9 Å². The number of methoxy groups -OCH3 is 2. The van der Waals surface area contributed by atoms with Crippen LogP contribution < -0.4 is 10.1 Å². The van der Waals surface area contributed by atoms with Gasteiger partial charge < -0.3 is 19.7 Å². The molecule has 0 radical (unpaired) electrons. The summed E-state index contributed by atoms with van der Waals surface area (Å²) in [5, 5.41) is 3.29. The summed E-state index contributed by atoms with van der Waals surface area (Å²) < 4.78 is 10.0. The first-order valence-corrected chi connectivity index (χ1v) is 8.20. The predicted octanol–water partition coefficient (Wildman–Crippen LogP) is 1.91. The van der Waals surface area contributed by atoms with E-state index in [1.54, 1.807) is 7.11 Å². The molecule has 1 saturated heterocycles. The number of aromatic nitrogens is 1. The molecule has 1 fully saturated rings. The van der Waals surface area contributed by atoms with E-state index in [4.69, 9.17) is 9.47 Å². The van der Waals surface area contributed by atoms with Gasteiger partial charge in [-0.05, 0) is 18.9 Å². The van der Waals surface area contributed by atoms with Gasteiger partial charge in [-0.15, -0.1) is 24.0 Å². The Morgan fingerprint density at radius 2 is 2.16 bits per heavy atom. The largest absolute Gasteiger partial charge is 0.481 e. The van der Waals surface area contributed by atoms with Gasteiger partial charge in [-0.25, -0.2) is 9.98 Å². The second-order valence-electron chi connectivity index (χ2n) is 5.85. The van der Waals surface area contributed by atoms with Crippen molar-refractivity contribution in [2.24, 2.45) is 16.8 Å². The van der Waals surface area contributed by atoms with Crippen LogP contribution in [-0.2, 0) is 16.1 Å². The summed E-state index contributed by atoms with van der Waals surface area (Å²) in [7, 11) is 3.03. The van der Waals surface area contributed by atoms with Crippen LogP contribution in [0.4, 0.5) is 0 Å².